The second kappa shape index (κ2) is 8.71. The molecule has 0 amide bonds. The van der Waals surface area contributed by atoms with Crippen molar-refractivity contribution in [2.75, 3.05) is 13.1 Å². The van der Waals surface area contributed by atoms with E-state index >= 15 is 0 Å². The molecule has 0 saturated heterocycles. The lowest BCUT2D eigenvalue weighted by atomic mass is 10.0. The van der Waals surface area contributed by atoms with Crippen LogP contribution < -0.4 is 11.1 Å². The van der Waals surface area contributed by atoms with Crippen molar-refractivity contribution < 1.29 is 0 Å². The number of hydrogen-bond donors (Lipinski definition) is 2. The van der Waals surface area contributed by atoms with Crippen molar-refractivity contribution in [1.29, 1.82) is 0 Å². The summed E-state index contributed by atoms with van der Waals surface area (Å²) in [5, 5.41) is 3.54. The Morgan fingerprint density at radius 3 is 2.59 bits per heavy atom. The van der Waals surface area contributed by atoms with E-state index in [9.17, 15) is 0 Å². The van der Waals surface area contributed by atoms with Crippen LogP contribution in [0.2, 0.25) is 0 Å². The highest BCUT2D eigenvalue weighted by molar-refractivity contribution is 5.04. The standard InChI is InChI=1S/C15H30N2/c1-13(2)7-5-3-4-6-10-17-12-14-8-9-15(16)11-14/h8-9,13-15,17H,3-7,10-12,16H2,1-2H3. The smallest absolute Gasteiger partial charge is 0.0229 e. The molecule has 0 aromatic carbocycles. The fourth-order valence-corrected chi connectivity index (χ4v) is 2.40. The summed E-state index contributed by atoms with van der Waals surface area (Å²) < 4.78 is 0. The van der Waals surface area contributed by atoms with Gasteiger partial charge in [-0.2, -0.15) is 0 Å². The lowest BCUT2D eigenvalue weighted by molar-refractivity contribution is 0.493. The molecule has 0 spiro atoms. The van der Waals surface area contributed by atoms with E-state index in [1.165, 1.54) is 38.6 Å². The summed E-state index contributed by atoms with van der Waals surface area (Å²) in [4.78, 5) is 0. The molecule has 0 bridgehead atoms. The Morgan fingerprint density at radius 1 is 1.18 bits per heavy atom. The maximum atomic E-state index is 5.82. The highest BCUT2D eigenvalue weighted by Crippen LogP contribution is 2.15. The minimum Gasteiger partial charge on any atom is -0.324 e. The Balaban J connectivity index is 1.80. The molecule has 0 aliphatic heterocycles. The summed E-state index contributed by atoms with van der Waals surface area (Å²) in [6.45, 7) is 6.89. The first-order valence-electron chi connectivity index (χ1n) is 7.33. The Morgan fingerprint density at radius 2 is 1.94 bits per heavy atom. The van der Waals surface area contributed by atoms with Gasteiger partial charge in [-0.05, 0) is 31.2 Å². The number of rotatable bonds is 9. The maximum absolute atomic E-state index is 5.82. The molecule has 0 aromatic heterocycles. The van der Waals surface area contributed by atoms with Crippen LogP contribution in [0.5, 0.6) is 0 Å². The Labute approximate surface area is 107 Å². The van der Waals surface area contributed by atoms with Gasteiger partial charge in [-0.1, -0.05) is 51.7 Å². The third-order valence-corrected chi connectivity index (χ3v) is 3.50. The van der Waals surface area contributed by atoms with Crippen LogP contribution in [0.3, 0.4) is 0 Å². The van der Waals surface area contributed by atoms with E-state index in [-0.39, 0.29) is 0 Å². The van der Waals surface area contributed by atoms with Crippen molar-refractivity contribution in [1.82, 2.24) is 5.32 Å². The van der Waals surface area contributed by atoms with Crippen molar-refractivity contribution in [3.63, 3.8) is 0 Å². The molecule has 0 fully saturated rings. The van der Waals surface area contributed by atoms with Crippen molar-refractivity contribution in [2.24, 2.45) is 17.6 Å². The molecule has 2 unspecified atom stereocenters. The van der Waals surface area contributed by atoms with Gasteiger partial charge in [0.15, 0.2) is 0 Å². The van der Waals surface area contributed by atoms with Crippen LogP contribution >= 0.6 is 0 Å². The van der Waals surface area contributed by atoms with Crippen LogP contribution in [-0.2, 0) is 0 Å². The monoisotopic (exact) mass is 238 g/mol. The molecule has 2 nitrogen and oxygen atoms in total. The van der Waals surface area contributed by atoms with Gasteiger partial charge in [-0.25, -0.2) is 0 Å². The lowest BCUT2D eigenvalue weighted by Gasteiger charge is -2.10. The molecule has 1 aliphatic carbocycles. The largest absolute Gasteiger partial charge is 0.324 e. The summed E-state index contributed by atoms with van der Waals surface area (Å²) in [5.41, 5.74) is 5.82. The van der Waals surface area contributed by atoms with E-state index in [1.54, 1.807) is 0 Å². The van der Waals surface area contributed by atoms with Crippen molar-refractivity contribution in [2.45, 2.75) is 58.4 Å². The van der Waals surface area contributed by atoms with Crippen LogP contribution in [-0.4, -0.2) is 19.1 Å². The molecule has 3 N–H and O–H groups in total. The molecule has 0 heterocycles. The summed E-state index contributed by atoms with van der Waals surface area (Å²) in [5.74, 6) is 1.54. The summed E-state index contributed by atoms with van der Waals surface area (Å²) in [6, 6.07) is 0.304. The zero-order valence-electron chi connectivity index (χ0n) is 11.6. The van der Waals surface area contributed by atoms with E-state index in [1.807, 2.05) is 0 Å². The van der Waals surface area contributed by atoms with Gasteiger partial charge in [-0.3, -0.25) is 0 Å². The number of unbranched alkanes of at least 4 members (excludes halogenated alkanes) is 3. The first kappa shape index (κ1) is 14.7. The fourth-order valence-electron chi connectivity index (χ4n) is 2.40. The normalized spacial score (nSPS) is 23.8. The molecule has 100 valence electrons. The van der Waals surface area contributed by atoms with Gasteiger partial charge >= 0.3 is 0 Å². The fraction of sp³-hybridized carbons (Fsp3) is 0.867. The minimum absolute atomic E-state index is 0.304. The molecule has 1 rings (SSSR count). The topological polar surface area (TPSA) is 38.0 Å². The van der Waals surface area contributed by atoms with E-state index in [0.717, 1.165) is 18.9 Å². The molecule has 2 atom stereocenters. The van der Waals surface area contributed by atoms with Crippen molar-refractivity contribution in [3.05, 3.63) is 12.2 Å². The van der Waals surface area contributed by atoms with Gasteiger partial charge < -0.3 is 11.1 Å². The number of nitrogens with one attached hydrogen (secondary N) is 1. The van der Waals surface area contributed by atoms with Crippen LogP contribution in [0.25, 0.3) is 0 Å². The Bertz CT molecular complexity index is 211. The van der Waals surface area contributed by atoms with Crippen LogP contribution in [0.15, 0.2) is 12.2 Å². The lowest BCUT2D eigenvalue weighted by Crippen LogP contribution is -2.24. The average Bonchev–Trinajstić information content (AvgIpc) is 2.68. The van der Waals surface area contributed by atoms with Crippen molar-refractivity contribution in [3.8, 4) is 0 Å². The number of hydrogen-bond acceptors (Lipinski definition) is 2. The first-order chi connectivity index (χ1) is 8.18. The van der Waals surface area contributed by atoms with E-state index < -0.39 is 0 Å². The van der Waals surface area contributed by atoms with Gasteiger partial charge in [0.1, 0.15) is 0 Å². The van der Waals surface area contributed by atoms with Gasteiger partial charge in [0.25, 0.3) is 0 Å². The van der Waals surface area contributed by atoms with Crippen LogP contribution in [0, 0.1) is 11.8 Å². The molecule has 2 heteroatoms. The average molecular weight is 238 g/mol. The summed E-state index contributed by atoms with van der Waals surface area (Å²) in [7, 11) is 0. The third kappa shape index (κ3) is 7.56. The van der Waals surface area contributed by atoms with Gasteiger partial charge in [0.2, 0.25) is 0 Å². The predicted octanol–water partition coefficient (Wildman–Crippen LogP) is 3.09. The molecule has 1 aliphatic rings. The van der Waals surface area contributed by atoms with Gasteiger partial charge in [0.05, 0.1) is 0 Å². The highest BCUT2D eigenvalue weighted by Gasteiger charge is 2.14. The quantitative estimate of drug-likeness (QED) is 0.478. The van der Waals surface area contributed by atoms with Gasteiger partial charge in [0, 0.05) is 12.6 Å². The van der Waals surface area contributed by atoms with Crippen LogP contribution in [0.4, 0.5) is 0 Å². The second-order valence-corrected chi connectivity index (χ2v) is 5.85. The molecule has 0 radical (unpaired) electrons. The van der Waals surface area contributed by atoms with E-state index in [0.29, 0.717) is 12.0 Å². The van der Waals surface area contributed by atoms with E-state index in [2.05, 4.69) is 31.3 Å². The zero-order valence-corrected chi connectivity index (χ0v) is 11.6. The van der Waals surface area contributed by atoms with Gasteiger partial charge in [-0.15, -0.1) is 0 Å². The summed E-state index contributed by atoms with van der Waals surface area (Å²) in [6.07, 6.45) is 12.4. The number of nitrogens with two attached hydrogens (primary N) is 1. The Kier molecular flexibility index (Phi) is 7.54. The molecular weight excluding hydrogens is 208 g/mol. The third-order valence-electron chi connectivity index (χ3n) is 3.50. The Hall–Kier alpha value is -0.340. The second-order valence-electron chi connectivity index (χ2n) is 5.85. The van der Waals surface area contributed by atoms with Crippen molar-refractivity contribution >= 4 is 0 Å². The first-order valence-corrected chi connectivity index (χ1v) is 7.33. The molecule has 17 heavy (non-hydrogen) atoms. The molecule has 0 saturated carbocycles. The molecular formula is C15H30N2. The van der Waals surface area contributed by atoms with Crippen LogP contribution in [0.1, 0.15) is 52.4 Å². The summed E-state index contributed by atoms with van der Waals surface area (Å²) >= 11 is 0. The SMILES string of the molecule is CC(C)CCCCCCNCC1C=CC(N)C1. The predicted molar refractivity (Wildman–Crippen MR) is 76.0 cm³/mol. The maximum Gasteiger partial charge on any atom is 0.0229 e. The molecule has 0 aromatic rings. The minimum atomic E-state index is 0.304. The highest BCUT2D eigenvalue weighted by atomic mass is 14.9. The zero-order chi connectivity index (χ0) is 12.5. The van der Waals surface area contributed by atoms with E-state index in [4.69, 9.17) is 5.73 Å².